The smallest absolute Gasteiger partial charge is 0.306 e. The highest BCUT2D eigenvalue weighted by atomic mass is 35.7. The van der Waals surface area contributed by atoms with Gasteiger partial charge in [-0.25, -0.2) is 8.42 Å². The standard InChI is InChI=1S/C16H21ClO4S/c1-2-21-16(18)11-12-3-5-13(6-4-12)14-7-9-15(10-8-14)22(17,19)20/h7-10,12-13H,2-6,11H2,1H3. The molecule has 1 aromatic carbocycles. The molecule has 0 spiro atoms. The number of ether oxygens (including phenoxy) is 1. The van der Waals surface area contributed by atoms with Gasteiger partial charge in [-0.3, -0.25) is 4.79 Å². The van der Waals surface area contributed by atoms with Crippen LogP contribution in [-0.2, 0) is 18.6 Å². The van der Waals surface area contributed by atoms with Crippen molar-refractivity contribution >= 4 is 25.7 Å². The first-order valence-electron chi connectivity index (χ1n) is 7.60. The van der Waals surface area contributed by atoms with Crippen molar-refractivity contribution in [2.75, 3.05) is 6.61 Å². The highest BCUT2D eigenvalue weighted by molar-refractivity contribution is 8.13. The molecule has 0 atom stereocenters. The number of hydrogen-bond acceptors (Lipinski definition) is 4. The molecule has 0 unspecified atom stereocenters. The first-order chi connectivity index (χ1) is 10.4. The highest BCUT2D eigenvalue weighted by Crippen LogP contribution is 2.37. The number of carbonyl (C=O) groups excluding carboxylic acids is 1. The number of halogens is 1. The Morgan fingerprint density at radius 2 is 1.77 bits per heavy atom. The fourth-order valence-electron chi connectivity index (χ4n) is 3.06. The molecule has 0 radical (unpaired) electrons. The molecule has 122 valence electrons. The average molecular weight is 345 g/mol. The van der Waals surface area contributed by atoms with Gasteiger partial charge in [-0.1, -0.05) is 12.1 Å². The van der Waals surface area contributed by atoms with E-state index in [1.165, 1.54) is 0 Å². The average Bonchev–Trinajstić information content (AvgIpc) is 2.47. The predicted octanol–water partition coefficient (Wildman–Crippen LogP) is 3.84. The maximum atomic E-state index is 11.5. The van der Waals surface area contributed by atoms with E-state index in [9.17, 15) is 13.2 Å². The number of rotatable bonds is 5. The van der Waals surface area contributed by atoms with Gasteiger partial charge in [0.15, 0.2) is 0 Å². The van der Waals surface area contributed by atoms with E-state index in [0.29, 0.717) is 24.9 Å². The van der Waals surface area contributed by atoms with E-state index in [1.54, 1.807) is 12.1 Å². The molecule has 0 heterocycles. The summed E-state index contributed by atoms with van der Waals surface area (Å²) >= 11 is 0. The molecule has 0 amide bonds. The van der Waals surface area contributed by atoms with Crippen LogP contribution in [0.15, 0.2) is 29.2 Å². The Morgan fingerprint density at radius 1 is 1.18 bits per heavy atom. The van der Waals surface area contributed by atoms with Crippen molar-refractivity contribution in [3.63, 3.8) is 0 Å². The first kappa shape index (κ1) is 17.3. The third-order valence-corrected chi connectivity index (χ3v) is 5.61. The van der Waals surface area contributed by atoms with Crippen molar-refractivity contribution in [3.8, 4) is 0 Å². The molecular weight excluding hydrogens is 324 g/mol. The van der Waals surface area contributed by atoms with Crippen molar-refractivity contribution in [2.45, 2.75) is 49.8 Å². The van der Waals surface area contributed by atoms with Gasteiger partial charge in [0.2, 0.25) is 0 Å². The van der Waals surface area contributed by atoms with E-state index in [0.717, 1.165) is 31.2 Å². The Hall–Kier alpha value is -1.07. The zero-order valence-electron chi connectivity index (χ0n) is 12.6. The Kier molecular flexibility index (Phi) is 5.87. The normalized spacial score (nSPS) is 22.3. The van der Waals surface area contributed by atoms with E-state index in [4.69, 9.17) is 15.4 Å². The maximum Gasteiger partial charge on any atom is 0.306 e. The molecule has 6 heteroatoms. The van der Waals surface area contributed by atoms with Crippen molar-refractivity contribution in [2.24, 2.45) is 5.92 Å². The second-order valence-corrected chi connectivity index (χ2v) is 8.30. The number of carbonyl (C=O) groups is 1. The fourth-order valence-corrected chi connectivity index (χ4v) is 3.83. The summed E-state index contributed by atoms with van der Waals surface area (Å²) in [5, 5.41) is 0. The molecule has 0 N–H and O–H groups in total. The Bertz CT molecular complexity index is 602. The van der Waals surface area contributed by atoms with Gasteiger partial charge in [-0.15, -0.1) is 0 Å². The summed E-state index contributed by atoms with van der Waals surface area (Å²) in [4.78, 5) is 11.6. The second kappa shape index (κ2) is 7.47. The quantitative estimate of drug-likeness (QED) is 0.601. The molecule has 0 aromatic heterocycles. The summed E-state index contributed by atoms with van der Waals surface area (Å²) < 4.78 is 27.5. The minimum absolute atomic E-state index is 0.109. The van der Waals surface area contributed by atoms with Gasteiger partial charge in [0.1, 0.15) is 0 Å². The van der Waals surface area contributed by atoms with E-state index < -0.39 is 9.05 Å². The molecule has 0 aliphatic heterocycles. The van der Waals surface area contributed by atoms with Crippen molar-refractivity contribution in [3.05, 3.63) is 29.8 Å². The van der Waals surface area contributed by atoms with Crippen LogP contribution in [-0.4, -0.2) is 21.0 Å². The molecule has 0 bridgehead atoms. The van der Waals surface area contributed by atoms with Gasteiger partial charge in [-0.2, -0.15) is 0 Å². The summed E-state index contributed by atoms with van der Waals surface area (Å²) in [5.74, 6) is 0.714. The lowest BCUT2D eigenvalue weighted by Gasteiger charge is -2.28. The predicted molar refractivity (Wildman–Crippen MR) is 85.4 cm³/mol. The van der Waals surface area contributed by atoms with Crippen LogP contribution in [0.1, 0.15) is 50.5 Å². The molecule has 22 heavy (non-hydrogen) atoms. The van der Waals surface area contributed by atoms with Crippen LogP contribution in [0.3, 0.4) is 0 Å². The molecular formula is C16H21ClO4S. The van der Waals surface area contributed by atoms with Crippen LogP contribution in [0.25, 0.3) is 0 Å². The lowest BCUT2D eigenvalue weighted by atomic mass is 9.77. The number of benzene rings is 1. The third-order valence-electron chi connectivity index (χ3n) is 4.24. The van der Waals surface area contributed by atoms with Crippen LogP contribution in [0.5, 0.6) is 0 Å². The van der Waals surface area contributed by atoms with E-state index >= 15 is 0 Å². The Balaban J connectivity index is 1.90. The Labute approximate surface area is 136 Å². The SMILES string of the molecule is CCOC(=O)CC1CCC(c2ccc(S(=O)(=O)Cl)cc2)CC1. The lowest BCUT2D eigenvalue weighted by molar-refractivity contribution is -0.144. The molecule has 1 aliphatic carbocycles. The summed E-state index contributed by atoms with van der Waals surface area (Å²) in [6, 6.07) is 6.79. The molecule has 1 saturated carbocycles. The Morgan fingerprint density at radius 3 is 2.27 bits per heavy atom. The molecule has 0 saturated heterocycles. The van der Waals surface area contributed by atoms with Crippen molar-refractivity contribution in [1.29, 1.82) is 0 Å². The minimum atomic E-state index is -3.66. The van der Waals surface area contributed by atoms with E-state index in [2.05, 4.69) is 0 Å². The summed E-state index contributed by atoms with van der Waals surface area (Å²) in [5.41, 5.74) is 1.14. The maximum absolute atomic E-state index is 11.5. The third kappa shape index (κ3) is 4.71. The van der Waals surface area contributed by atoms with Gasteiger partial charge in [0.25, 0.3) is 9.05 Å². The topological polar surface area (TPSA) is 60.4 Å². The van der Waals surface area contributed by atoms with Gasteiger partial charge in [0.05, 0.1) is 11.5 Å². The number of hydrogen-bond donors (Lipinski definition) is 0. The van der Waals surface area contributed by atoms with Crippen LogP contribution >= 0.6 is 10.7 Å². The largest absolute Gasteiger partial charge is 0.466 e. The van der Waals surface area contributed by atoms with Gasteiger partial charge < -0.3 is 4.74 Å². The summed E-state index contributed by atoms with van der Waals surface area (Å²) in [6.07, 6.45) is 4.52. The lowest BCUT2D eigenvalue weighted by Crippen LogP contribution is -2.17. The van der Waals surface area contributed by atoms with Crippen LogP contribution in [0.4, 0.5) is 0 Å². The van der Waals surface area contributed by atoms with Crippen LogP contribution in [0.2, 0.25) is 0 Å². The minimum Gasteiger partial charge on any atom is -0.466 e. The number of esters is 1. The highest BCUT2D eigenvalue weighted by Gasteiger charge is 2.24. The molecule has 2 rings (SSSR count). The van der Waals surface area contributed by atoms with Gasteiger partial charge in [0, 0.05) is 17.1 Å². The zero-order valence-corrected chi connectivity index (χ0v) is 14.2. The molecule has 1 aromatic rings. The monoisotopic (exact) mass is 344 g/mol. The second-order valence-electron chi connectivity index (χ2n) is 5.73. The van der Waals surface area contributed by atoms with Crippen LogP contribution < -0.4 is 0 Å². The van der Waals surface area contributed by atoms with E-state index in [-0.39, 0.29) is 10.9 Å². The van der Waals surface area contributed by atoms with Crippen molar-refractivity contribution in [1.82, 2.24) is 0 Å². The fraction of sp³-hybridized carbons (Fsp3) is 0.562. The molecule has 1 aliphatic rings. The summed E-state index contributed by atoms with van der Waals surface area (Å²) in [6.45, 7) is 2.25. The molecule has 1 fully saturated rings. The first-order valence-corrected chi connectivity index (χ1v) is 9.91. The van der Waals surface area contributed by atoms with Gasteiger partial charge in [-0.05, 0) is 62.1 Å². The van der Waals surface area contributed by atoms with Crippen molar-refractivity contribution < 1.29 is 17.9 Å². The molecule has 4 nitrogen and oxygen atoms in total. The van der Waals surface area contributed by atoms with Gasteiger partial charge >= 0.3 is 5.97 Å². The zero-order chi connectivity index (χ0) is 16.2. The van der Waals surface area contributed by atoms with Crippen LogP contribution in [0, 0.1) is 5.92 Å². The van der Waals surface area contributed by atoms with E-state index in [1.807, 2.05) is 19.1 Å². The summed E-state index contributed by atoms with van der Waals surface area (Å²) in [7, 11) is 1.66.